The highest BCUT2D eigenvalue weighted by Gasteiger charge is 2.25. The number of benzene rings is 1. The number of hydrogen-bond acceptors (Lipinski definition) is 9. The van der Waals surface area contributed by atoms with Crippen molar-refractivity contribution in [3.05, 3.63) is 29.8 Å². The molecule has 0 spiro atoms. The molecule has 1 N–H and O–H groups in total. The van der Waals surface area contributed by atoms with Gasteiger partial charge in [0.25, 0.3) is 0 Å². The molecule has 0 heterocycles. The van der Waals surface area contributed by atoms with Gasteiger partial charge < -0.3 is 28.7 Å². The van der Waals surface area contributed by atoms with Crippen molar-refractivity contribution in [3.8, 4) is 11.8 Å². The summed E-state index contributed by atoms with van der Waals surface area (Å²) in [4.78, 5) is 36.0. The maximum absolute atomic E-state index is 12.0. The fraction of sp³-hybridized carbons (Fsp3) is 0.500. The second-order valence-electron chi connectivity index (χ2n) is 6.85. The van der Waals surface area contributed by atoms with Gasteiger partial charge in [-0.05, 0) is 50.3 Å². The van der Waals surface area contributed by atoms with E-state index in [0.29, 0.717) is 5.56 Å². The van der Waals surface area contributed by atoms with Gasteiger partial charge in [0, 0.05) is 6.42 Å². The molecule has 0 bridgehead atoms. The van der Waals surface area contributed by atoms with Gasteiger partial charge >= 0.3 is 12.1 Å². The molecule has 0 aliphatic carbocycles. The molecule has 1 rings (SSSR count). The van der Waals surface area contributed by atoms with Gasteiger partial charge in [0.1, 0.15) is 17.4 Å². The number of nitrogens with zero attached hydrogens (tertiary/aromatic N) is 1. The van der Waals surface area contributed by atoms with Gasteiger partial charge in [0.2, 0.25) is 0 Å². The van der Waals surface area contributed by atoms with Crippen LogP contribution in [0.4, 0.5) is 4.79 Å². The van der Waals surface area contributed by atoms with Crippen LogP contribution in [0.25, 0.3) is 0 Å². The number of alkyl carbamates (subject to hydrolysis) is 1. The maximum atomic E-state index is 12.0. The summed E-state index contributed by atoms with van der Waals surface area (Å²) in [6.07, 6.45) is -0.562. The van der Waals surface area contributed by atoms with Crippen molar-refractivity contribution in [1.82, 2.24) is 5.32 Å². The van der Waals surface area contributed by atoms with Crippen molar-refractivity contribution in [1.29, 1.82) is 5.26 Å². The van der Waals surface area contributed by atoms with Crippen LogP contribution in [0, 0.1) is 11.3 Å². The molecule has 1 aromatic carbocycles. The largest absolute Gasteiger partial charge is 0.770 e. The Kier molecular flexibility index (Phi) is 9.53. The second-order valence-corrected chi connectivity index (χ2v) is 9.53. The van der Waals surface area contributed by atoms with Crippen LogP contribution in [0.5, 0.6) is 5.75 Å². The summed E-state index contributed by atoms with van der Waals surface area (Å²) >= 11 is 4.76. The van der Waals surface area contributed by atoms with Crippen LogP contribution in [-0.4, -0.2) is 37.4 Å². The van der Waals surface area contributed by atoms with E-state index in [2.05, 4.69) is 5.32 Å². The predicted octanol–water partition coefficient (Wildman–Crippen LogP) is 2.19. The molecule has 0 saturated carbocycles. The van der Waals surface area contributed by atoms with E-state index in [1.54, 1.807) is 32.9 Å². The molecule has 9 nitrogen and oxygen atoms in total. The summed E-state index contributed by atoms with van der Waals surface area (Å²) in [5.74, 6) is -0.420. The predicted molar refractivity (Wildman–Crippen MR) is 106 cm³/mol. The first-order chi connectivity index (χ1) is 13.5. The van der Waals surface area contributed by atoms with Gasteiger partial charge in [0.15, 0.2) is 6.72 Å². The van der Waals surface area contributed by atoms with Crippen molar-refractivity contribution in [2.24, 2.45) is 0 Å². The summed E-state index contributed by atoms with van der Waals surface area (Å²) in [5.41, 5.74) is -0.0367. The highest BCUT2D eigenvalue weighted by atomic mass is 32.5. The van der Waals surface area contributed by atoms with E-state index in [4.69, 9.17) is 35.6 Å². The first-order valence-electron chi connectivity index (χ1n) is 8.64. The normalized spacial score (nSPS) is 14.1. The van der Waals surface area contributed by atoms with Crippen LogP contribution < -0.4 is 14.7 Å². The second kappa shape index (κ2) is 11.1. The van der Waals surface area contributed by atoms with Gasteiger partial charge in [-0.3, -0.25) is 0 Å². The van der Waals surface area contributed by atoms with Crippen LogP contribution in [0.1, 0.15) is 32.8 Å². The third-order valence-electron chi connectivity index (χ3n) is 3.22. The summed E-state index contributed by atoms with van der Waals surface area (Å²) in [7, 11) is 1.22. The SMILES string of the molecule is COC(=O)C(Cc1ccc(OP([O-])(=S)OCCC#N)cc1)NC(=O)OC(C)(C)C. The first kappa shape index (κ1) is 24.9. The van der Waals surface area contributed by atoms with E-state index in [1.165, 1.54) is 19.2 Å². The molecule has 0 aromatic heterocycles. The summed E-state index contributed by atoms with van der Waals surface area (Å²) in [6.45, 7) is 1.27. The number of hydrogen-bond donors (Lipinski definition) is 1. The summed E-state index contributed by atoms with van der Waals surface area (Å²) < 4.78 is 19.9. The first-order valence-corrected chi connectivity index (χ1v) is 11.2. The van der Waals surface area contributed by atoms with Crippen LogP contribution in [-0.2, 0) is 37.0 Å². The number of esters is 1. The molecule has 11 heteroatoms. The average molecular weight is 443 g/mol. The highest BCUT2D eigenvalue weighted by molar-refractivity contribution is 8.06. The molecule has 1 aromatic rings. The van der Waals surface area contributed by atoms with Crippen LogP contribution >= 0.6 is 6.72 Å². The lowest BCUT2D eigenvalue weighted by molar-refractivity contribution is -0.198. The van der Waals surface area contributed by atoms with Crippen molar-refractivity contribution < 1.29 is 33.0 Å². The highest BCUT2D eigenvalue weighted by Crippen LogP contribution is 2.39. The van der Waals surface area contributed by atoms with E-state index in [0.717, 1.165) is 0 Å². The number of rotatable bonds is 9. The topological polar surface area (TPSA) is 130 Å². The molecule has 0 aliphatic rings. The van der Waals surface area contributed by atoms with E-state index in [1.807, 2.05) is 6.07 Å². The minimum atomic E-state index is -3.76. The van der Waals surface area contributed by atoms with Crippen LogP contribution in [0.15, 0.2) is 24.3 Å². The number of methoxy groups -OCH3 is 1. The minimum absolute atomic E-state index is 0.0441. The Morgan fingerprint density at radius 3 is 2.45 bits per heavy atom. The van der Waals surface area contributed by atoms with Gasteiger partial charge in [0.05, 0.1) is 26.2 Å². The number of carbonyl (C=O) groups is 2. The van der Waals surface area contributed by atoms with E-state index < -0.39 is 30.4 Å². The van der Waals surface area contributed by atoms with Gasteiger partial charge in [-0.25, -0.2) is 9.59 Å². The molecule has 0 aliphatic heterocycles. The Morgan fingerprint density at radius 2 is 1.93 bits per heavy atom. The van der Waals surface area contributed by atoms with E-state index in [-0.39, 0.29) is 25.2 Å². The lowest BCUT2D eigenvalue weighted by atomic mass is 10.1. The third-order valence-corrected chi connectivity index (χ3v) is 4.69. The Balaban J connectivity index is 2.76. The lowest BCUT2D eigenvalue weighted by Crippen LogP contribution is -2.45. The Bertz CT molecular complexity index is 787. The molecule has 2 atom stereocenters. The quantitative estimate of drug-likeness (QED) is 0.347. The molecule has 160 valence electrons. The zero-order chi connectivity index (χ0) is 22.1. The standard InChI is InChI=1S/C18H25N2O7PS/c1-18(2,3)26-17(22)20-15(16(21)24-4)12-13-6-8-14(9-7-13)27-28(23,29)25-11-5-10-19/h6-9,15H,5,11-12H2,1-4H3,(H,20,22)(H,23,29)/p-1. The van der Waals surface area contributed by atoms with Crippen molar-refractivity contribution in [2.75, 3.05) is 13.7 Å². The summed E-state index contributed by atoms with van der Waals surface area (Å²) in [5, 5.41) is 10.9. The van der Waals surface area contributed by atoms with E-state index >= 15 is 0 Å². The average Bonchev–Trinajstić information content (AvgIpc) is 2.60. The number of carbonyl (C=O) groups excluding carboxylic acids is 2. The number of ether oxygens (including phenoxy) is 2. The maximum Gasteiger partial charge on any atom is 0.408 e. The molecule has 0 radical (unpaired) electrons. The van der Waals surface area contributed by atoms with Crippen molar-refractivity contribution in [2.45, 2.75) is 45.3 Å². The van der Waals surface area contributed by atoms with Crippen molar-refractivity contribution in [3.63, 3.8) is 0 Å². The van der Waals surface area contributed by atoms with E-state index in [9.17, 15) is 14.5 Å². The monoisotopic (exact) mass is 443 g/mol. The smallest absolute Gasteiger partial charge is 0.408 e. The molecule has 0 saturated heterocycles. The van der Waals surface area contributed by atoms with Gasteiger partial charge in [-0.2, -0.15) is 5.26 Å². The number of amides is 1. The lowest BCUT2D eigenvalue weighted by Gasteiger charge is -2.27. The van der Waals surface area contributed by atoms with Crippen LogP contribution in [0.2, 0.25) is 0 Å². The third kappa shape index (κ3) is 10.2. The zero-order valence-corrected chi connectivity index (χ0v) is 18.4. The molecular weight excluding hydrogens is 419 g/mol. The Morgan fingerprint density at radius 1 is 1.31 bits per heavy atom. The molecule has 29 heavy (non-hydrogen) atoms. The molecule has 1 amide bonds. The Labute approximate surface area is 175 Å². The molecule has 2 unspecified atom stereocenters. The van der Waals surface area contributed by atoms with Gasteiger partial charge in [-0.1, -0.05) is 12.1 Å². The molecular formula is C18H24N2O7PS-. The summed E-state index contributed by atoms with van der Waals surface area (Å²) in [6, 6.07) is 7.13. The van der Waals surface area contributed by atoms with Crippen molar-refractivity contribution >= 4 is 30.6 Å². The number of nitrogens with one attached hydrogen (secondary N) is 1. The Hall–Kier alpha value is -2.18. The van der Waals surface area contributed by atoms with Gasteiger partial charge in [-0.15, -0.1) is 0 Å². The van der Waals surface area contributed by atoms with Crippen LogP contribution in [0.3, 0.4) is 0 Å². The molecule has 0 fully saturated rings. The fourth-order valence-electron chi connectivity index (χ4n) is 2.07. The zero-order valence-electron chi connectivity index (χ0n) is 16.7. The minimum Gasteiger partial charge on any atom is -0.770 e. The fourth-order valence-corrected chi connectivity index (χ4v) is 3.30. The number of nitriles is 1.